The third kappa shape index (κ3) is 4.36. The van der Waals surface area contributed by atoms with E-state index in [0.29, 0.717) is 13.1 Å². The van der Waals surface area contributed by atoms with E-state index >= 15 is 0 Å². The summed E-state index contributed by atoms with van der Waals surface area (Å²) in [5, 5.41) is 10.1. The van der Waals surface area contributed by atoms with Gasteiger partial charge in [0.2, 0.25) is 0 Å². The van der Waals surface area contributed by atoms with Crippen molar-refractivity contribution in [2.75, 3.05) is 0 Å². The second-order valence-corrected chi connectivity index (χ2v) is 6.20. The number of rotatable bonds is 6. The molecule has 0 aliphatic rings. The normalized spacial score (nSPS) is 16.0. The minimum Gasteiger partial charge on any atom is -0.379 e. The van der Waals surface area contributed by atoms with Crippen molar-refractivity contribution in [1.82, 2.24) is 4.90 Å². The summed E-state index contributed by atoms with van der Waals surface area (Å²) in [5.41, 5.74) is -0.993. The molecule has 2 atom stereocenters. The fraction of sp³-hybridized carbons (Fsp3) is 0.368. The van der Waals surface area contributed by atoms with Crippen molar-refractivity contribution >= 4 is 0 Å². The first-order valence-electron chi connectivity index (χ1n) is 7.83. The van der Waals surface area contributed by atoms with Crippen LogP contribution in [0, 0.1) is 0 Å². The number of alkyl halides is 3. The Morgan fingerprint density at radius 2 is 1.25 bits per heavy atom. The monoisotopic (exact) mass is 337 g/mol. The number of hydrogen-bond acceptors (Lipinski definition) is 2. The Morgan fingerprint density at radius 3 is 1.58 bits per heavy atom. The van der Waals surface area contributed by atoms with Crippen molar-refractivity contribution in [3.63, 3.8) is 0 Å². The molecule has 2 rings (SSSR count). The number of aliphatic hydroxyl groups is 1. The lowest BCUT2D eigenvalue weighted by Crippen LogP contribution is -2.57. The highest BCUT2D eigenvalue weighted by molar-refractivity contribution is 5.18. The van der Waals surface area contributed by atoms with Gasteiger partial charge in [-0.2, -0.15) is 13.2 Å². The van der Waals surface area contributed by atoms with Gasteiger partial charge in [-0.1, -0.05) is 60.7 Å². The van der Waals surface area contributed by atoms with Gasteiger partial charge >= 0.3 is 6.18 Å². The minimum atomic E-state index is -4.70. The Morgan fingerprint density at radius 1 is 0.875 bits per heavy atom. The molecule has 1 unspecified atom stereocenters. The van der Waals surface area contributed by atoms with Crippen LogP contribution in [0.3, 0.4) is 0 Å². The fourth-order valence-electron chi connectivity index (χ4n) is 2.56. The van der Waals surface area contributed by atoms with Crippen molar-refractivity contribution < 1.29 is 18.3 Å². The maximum absolute atomic E-state index is 13.2. The van der Waals surface area contributed by atoms with Gasteiger partial charge in [0.15, 0.2) is 5.60 Å². The molecule has 1 N–H and O–H groups in total. The lowest BCUT2D eigenvalue weighted by atomic mass is 9.94. The summed E-state index contributed by atoms with van der Waals surface area (Å²) in [6.07, 6.45) is -4.70. The number of benzene rings is 2. The molecular weight excluding hydrogens is 315 g/mol. The van der Waals surface area contributed by atoms with Gasteiger partial charge in [0.1, 0.15) is 0 Å². The molecule has 5 heteroatoms. The molecule has 24 heavy (non-hydrogen) atoms. The molecule has 0 bridgehead atoms. The molecule has 0 aliphatic heterocycles. The highest BCUT2D eigenvalue weighted by atomic mass is 19.4. The summed E-state index contributed by atoms with van der Waals surface area (Å²) in [6.45, 7) is 2.90. The molecule has 2 nitrogen and oxygen atoms in total. The van der Waals surface area contributed by atoms with Crippen LogP contribution in [0.1, 0.15) is 25.0 Å². The van der Waals surface area contributed by atoms with Gasteiger partial charge in [-0.3, -0.25) is 4.90 Å². The van der Waals surface area contributed by atoms with E-state index in [-0.39, 0.29) is 0 Å². The van der Waals surface area contributed by atoms with Crippen LogP contribution in [0.25, 0.3) is 0 Å². The van der Waals surface area contributed by atoms with Crippen molar-refractivity contribution in [3.05, 3.63) is 71.8 Å². The van der Waals surface area contributed by atoms with E-state index in [9.17, 15) is 18.3 Å². The first-order valence-corrected chi connectivity index (χ1v) is 7.83. The SMILES string of the molecule is C[C@@H](N(Cc1ccccc1)Cc1ccccc1)C(C)(O)C(F)(F)F. The largest absolute Gasteiger partial charge is 0.418 e. The van der Waals surface area contributed by atoms with Crippen LogP contribution in [-0.4, -0.2) is 27.8 Å². The summed E-state index contributed by atoms with van der Waals surface area (Å²) in [4.78, 5) is 1.65. The van der Waals surface area contributed by atoms with Crippen LogP contribution in [0.2, 0.25) is 0 Å². The summed E-state index contributed by atoms with van der Waals surface area (Å²) < 4.78 is 39.7. The number of hydrogen-bond donors (Lipinski definition) is 1. The van der Waals surface area contributed by atoms with Gasteiger partial charge < -0.3 is 5.11 Å². The first kappa shape index (κ1) is 18.5. The molecule has 2 aromatic rings. The maximum atomic E-state index is 13.2. The van der Waals surface area contributed by atoms with Gasteiger partial charge in [0.25, 0.3) is 0 Å². The second kappa shape index (κ2) is 7.36. The Labute approximate surface area is 140 Å². The molecule has 0 spiro atoms. The van der Waals surface area contributed by atoms with E-state index in [1.54, 1.807) is 4.90 Å². The standard InChI is InChI=1S/C19H22F3NO/c1-15(18(2,24)19(20,21)22)23(13-16-9-5-3-6-10-16)14-17-11-7-4-8-12-17/h3-12,15,24H,13-14H2,1-2H3/t15-,18?/m1/s1. The van der Waals surface area contributed by atoms with Crippen LogP contribution in [0.4, 0.5) is 13.2 Å². The second-order valence-electron chi connectivity index (χ2n) is 6.20. The van der Waals surface area contributed by atoms with E-state index in [0.717, 1.165) is 18.1 Å². The Balaban J connectivity index is 2.28. The van der Waals surface area contributed by atoms with E-state index in [4.69, 9.17) is 0 Å². The van der Waals surface area contributed by atoms with Gasteiger partial charge in [0.05, 0.1) is 0 Å². The Kier molecular flexibility index (Phi) is 5.67. The maximum Gasteiger partial charge on any atom is 0.418 e. The van der Waals surface area contributed by atoms with Gasteiger partial charge in [-0.05, 0) is 25.0 Å². The molecule has 0 saturated heterocycles. The fourth-order valence-corrected chi connectivity index (χ4v) is 2.56. The zero-order valence-electron chi connectivity index (χ0n) is 13.8. The minimum absolute atomic E-state index is 0.323. The molecule has 0 saturated carbocycles. The van der Waals surface area contributed by atoms with E-state index in [1.807, 2.05) is 60.7 Å². The average Bonchev–Trinajstić information content (AvgIpc) is 2.54. The van der Waals surface area contributed by atoms with Crippen LogP contribution >= 0.6 is 0 Å². The lowest BCUT2D eigenvalue weighted by molar-refractivity contribution is -0.272. The molecule has 0 amide bonds. The average molecular weight is 337 g/mol. The number of halogens is 3. The molecule has 0 fully saturated rings. The molecule has 0 radical (unpaired) electrons. The topological polar surface area (TPSA) is 23.5 Å². The zero-order chi connectivity index (χ0) is 17.8. The first-order chi connectivity index (χ1) is 11.2. The molecule has 0 heterocycles. The van der Waals surface area contributed by atoms with Crippen molar-refractivity contribution in [3.8, 4) is 0 Å². The summed E-state index contributed by atoms with van der Waals surface area (Å²) >= 11 is 0. The van der Waals surface area contributed by atoms with E-state index in [2.05, 4.69) is 0 Å². The number of nitrogens with zero attached hydrogens (tertiary/aromatic N) is 1. The molecule has 0 aliphatic carbocycles. The van der Waals surface area contributed by atoms with Gasteiger partial charge in [-0.15, -0.1) is 0 Å². The smallest absolute Gasteiger partial charge is 0.379 e. The summed E-state index contributed by atoms with van der Waals surface area (Å²) in [6, 6.07) is 17.5. The van der Waals surface area contributed by atoms with Crippen molar-refractivity contribution in [1.29, 1.82) is 0 Å². The highest BCUT2D eigenvalue weighted by Gasteiger charge is 2.54. The molecule has 130 valence electrons. The molecule has 2 aromatic carbocycles. The zero-order valence-corrected chi connectivity index (χ0v) is 13.8. The van der Waals surface area contributed by atoms with Crippen molar-refractivity contribution in [2.45, 2.75) is 44.8 Å². The predicted octanol–water partition coefficient (Wildman–Crippen LogP) is 4.39. The highest BCUT2D eigenvalue weighted by Crippen LogP contribution is 2.35. The quantitative estimate of drug-likeness (QED) is 0.845. The summed E-state index contributed by atoms with van der Waals surface area (Å²) in [7, 11) is 0. The van der Waals surface area contributed by atoms with Crippen molar-refractivity contribution in [2.24, 2.45) is 0 Å². The van der Waals surface area contributed by atoms with Crippen LogP contribution in [0.15, 0.2) is 60.7 Å². The predicted molar refractivity (Wildman–Crippen MR) is 88.3 cm³/mol. The lowest BCUT2D eigenvalue weighted by Gasteiger charge is -2.40. The molecular formula is C19H22F3NO. The third-order valence-electron chi connectivity index (χ3n) is 4.39. The van der Waals surface area contributed by atoms with E-state index < -0.39 is 17.8 Å². The van der Waals surface area contributed by atoms with Crippen LogP contribution < -0.4 is 0 Å². The van der Waals surface area contributed by atoms with Gasteiger partial charge in [0, 0.05) is 19.1 Å². The summed E-state index contributed by atoms with van der Waals surface area (Å²) in [5.74, 6) is 0. The van der Waals surface area contributed by atoms with Crippen LogP contribution in [0.5, 0.6) is 0 Å². The third-order valence-corrected chi connectivity index (χ3v) is 4.39. The van der Waals surface area contributed by atoms with Gasteiger partial charge in [-0.25, -0.2) is 0 Å². The van der Waals surface area contributed by atoms with E-state index in [1.165, 1.54) is 6.92 Å². The molecule has 0 aromatic heterocycles. The Bertz CT molecular complexity index is 585. The van der Waals surface area contributed by atoms with Crippen LogP contribution in [-0.2, 0) is 13.1 Å². The Hall–Kier alpha value is -1.85.